The SMILES string of the molecule is CC(C)(C)OC(=O)C1=CCC(c2ccc(C(=O)O)cc2)CC1. The van der Waals surface area contributed by atoms with E-state index in [1.165, 1.54) is 0 Å². The van der Waals surface area contributed by atoms with Gasteiger partial charge in [0.2, 0.25) is 0 Å². The van der Waals surface area contributed by atoms with Crippen LogP contribution in [0.25, 0.3) is 0 Å². The Labute approximate surface area is 130 Å². The van der Waals surface area contributed by atoms with Crippen molar-refractivity contribution in [2.24, 2.45) is 0 Å². The number of hydrogen-bond acceptors (Lipinski definition) is 3. The Morgan fingerprint density at radius 2 is 1.82 bits per heavy atom. The minimum atomic E-state index is -0.915. The predicted molar refractivity (Wildman–Crippen MR) is 83.9 cm³/mol. The number of ether oxygens (including phenoxy) is 1. The molecule has 1 atom stereocenters. The Kier molecular flexibility index (Phi) is 4.69. The van der Waals surface area contributed by atoms with Gasteiger partial charge in [0.1, 0.15) is 5.60 Å². The maximum absolute atomic E-state index is 12.0. The molecule has 1 aliphatic carbocycles. The number of aromatic carboxylic acids is 1. The van der Waals surface area contributed by atoms with Gasteiger partial charge in [0.25, 0.3) is 0 Å². The molecule has 0 aromatic heterocycles. The first-order valence-corrected chi connectivity index (χ1v) is 7.52. The van der Waals surface area contributed by atoms with Crippen molar-refractivity contribution in [1.29, 1.82) is 0 Å². The molecule has 2 rings (SSSR count). The third-order valence-corrected chi connectivity index (χ3v) is 3.70. The van der Waals surface area contributed by atoms with E-state index in [-0.39, 0.29) is 5.97 Å². The van der Waals surface area contributed by atoms with Crippen LogP contribution in [0, 0.1) is 0 Å². The molecule has 22 heavy (non-hydrogen) atoms. The van der Waals surface area contributed by atoms with Crippen molar-refractivity contribution in [2.45, 2.75) is 51.6 Å². The Morgan fingerprint density at radius 3 is 2.27 bits per heavy atom. The van der Waals surface area contributed by atoms with Crippen molar-refractivity contribution >= 4 is 11.9 Å². The number of allylic oxidation sites excluding steroid dienone is 1. The third-order valence-electron chi connectivity index (χ3n) is 3.70. The van der Waals surface area contributed by atoms with Crippen molar-refractivity contribution in [3.8, 4) is 0 Å². The molecule has 1 N–H and O–H groups in total. The van der Waals surface area contributed by atoms with Crippen molar-refractivity contribution in [3.63, 3.8) is 0 Å². The quantitative estimate of drug-likeness (QED) is 0.860. The molecule has 1 unspecified atom stereocenters. The molecule has 0 spiro atoms. The number of carboxylic acids is 1. The minimum absolute atomic E-state index is 0.229. The summed E-state index contributed by atoms with van der Waals surface area (Å²) in [6, 6.07) is 6.98. The fourth-order valence-corrected chi connectivity index (χ4v) is 2.56. The average Bonchev–Trinajstić information content (AvgIpc) is 2.46. The largest absolute Gasteiger partial charge is 0.478 e. The molecular weight excluding hydrogens is 280 g/mol. The van der Waals surface area contributed by atoms with Crippen molar-refractivity contribution in [3.05, 3.63) is 47.0 Å². The molecule has 1 aromatic rings. The zero-order valence-electron chi connectivity index (χ0n) is 13.3. The van der Waals surface area contributed by atoms with E-state index < -0.39 is 11.6 Å². The number of carbonyl (C=O) groups excluding carboxylic acids is 1. The van der Waals surface area contributed by atoms with Crippen molar-refractivity contribution in [2.75, 3.05) is 0 Å². The van der Waals surface area contributed by atoms with E-state index in [2.05, 4.69) is 0 Å². The molecule has 0 fully saturated rings. The maximum atomic E-state index is 12.0. The van der Waals surface area contributed by atoms with Crippen LogP contribution in [0.5, 0.6) is 0 Å². The minimum Gasteiger partial charge on any atom is -0.478 e. The summed E-state index contributed by atoms with van der Waals surface area (Å²) in [7, 11) is 0. The molecular formula is C18H22O4. The Balaban J connectivity index is 2.01. The Hall–Kier alpha value is -2.10. The molecule has 4 heteroatoms. The van der Waals surface area contributed by atoms with Crippen molar-refractivity contribution < 1.29 is 19.4 Å². The average molecular weight is 302 g/mol. The summed E-state index contributed by atoms with van der Waals surface area (Å²) in [6.45, 7) is 5.59. The summed E-state index contributed by atoms with van der Waals surface area (Å²) in [4.78, 5) is 22.9. The van der Waals surface area contributed by atoms with Gasteiger partial charge in [-0.1, -0.05) is 18.2 Å². The second-order valence-corrected chi connectivity index (χ2v) is 6.63. The Bertz CT molecular complexity index is 591. The molecule has 0 aliphatic heterocycles. The number of esters is 1. The van der Waals surface area contributed by atoms with E-state index in [4.69, 9.17) is 9.84 Å². The second-order valence-electron chi connectivity index (χ2n) is 6.63. The summed E-state index contributed by atoms with van der Waals surface area (Å²) in [5.41, 5.74) is 1.68. The number of carboxylic acid groups (broad SMARTS) is 1. The Morgan fingerprint density at radius 1 is 1.18 bits per heavy atom. The van der Waals surface area contributed by atoms with Gasteiger partial charge < -0.3 is 9.84 Å². The number of carbonyl (C=O) groups is 2. The normalized spacial score (nSPS) is 18.5. The highest BCUT2D eigenvalue weighted by Crippen LogP contribution is 2.33. The first-order chi connectivity index (χ1) is 10.3. The smallest absolute Gasteiger partial charge is 0.335 e. The van der Waals surface area contributed by atoms with Crippen LogP contribution in [0.1, 0.15) is 61.9 Å². The molecule has 0 radical (unpaired) electrons. The van der Waals surface area contributed by atoms with Crippen LogP contribution < -0.4 is 0 Å². The zero-order valence-corrected chi connectivity index (χ0v) is 13.3. The highest BCUT2D eigenvalue weighted by Gasteiger charge is 2.24. The van der Waals surface area contributed by atoms with Crippen LogP contribution in [0.2, 0.25) is 0 Å². The zero-order chi connectivity index (χ0) is 16.3. The lowest BCUT2D eigenvalue weighted by atomic mass is 9.84. The van der Waals surface area contributed by atoms with Gasteiger partial charge >= 0.3 is 11.9 Å². The van der Waals surface area contributed by atoms with Gasteiger partial charge in [-0.2, -0.15) is 0 Å². The summed E-state index contributed by atoms with van der Waals surface area (Å²) >= 11 is 0. The van der Waals surface area contributed by atoms with Crippen LogP contribution in [0.15, 0.2) is 35.9 Å². The first kappa shape index (κ1) is 16.3. The lowest BCUT2D eigenvalue weighted by molar-refractivity contribution is -0.150. The number of hydrogen-bond donors (Lipinski definition) is 1. The fourth-order valence-electron chi connectivity index (χ4n) is 2.56. The van der Waals surface area contributed by atoms with E-state index in [1.54, 1.807) is 12.1 Å². The summed E-state index contributed by atoms with van der Waals surface area (Å²) in [5.74, 6) is -0.816. The van der Waals surface area contributed by atoms with Crippen LogP contribution in [0.3, 0.4) is 0 Å². The number of benzene rings is 1. The van der Waals surface area contributed by atoms with Gasteiger partial charge in [-0.3, -0.25) is 0 Å². The predicted octanol–water partition coefficient (Wildman–Crippen LogP) is 3.92. The van der Waals surface area contributed by atoms with Crippen LogP contribution in [0.4, 0.5) is 0 Å². The van der Waals surface area contributed by atoms with Gasteiger partial charge in [-0.15, -0.1) is 0 Å². The van der Waals surface area contributed by atoms with E-state index in [0.29, 0.717) is 17.9 Å². The molecule has 0 saturated heterocycles. The monoisotopic (exact) mass is 302 g/mol. The topological polar surface area (TPSA) is 63.6 Å². The van der Waals surface area contributed by atoms with Crippen LogP contribution in [-0.4, -0.2) is 22.6 Å². The van der Waals surface area contributed by atoms with Gasteiger partial charge in [0, 0.05) is 5.57 Å². The van der Waals surface area contributed by atoms with E-state index >= 15 is 0 Å². The molecule has 1 aliphatic rings. The standard InChI is InChI=1S/C18H22O4/c1-18(2,3)22-17(21)15-10-6-13(7-11-15)12-4-8-14(9-5-12)16(19)20/h4-5,8-10,13H,6-7,11H2,1-3H3,(H,19,20). The highest BCUT2D eigenvalue weighted by atomic mass is 16.6. The first-order valence-electron chi connectivity index (χ1n) is 7.52. The second kappa shape index (κ2) is 6.34. The summed E-state index contributed by atoms with van der Waals surface area (Å²) in [6.07, 6.45) is 4.30. The van der Waals surface area contributed by atoms with E-state index in [9.17, 15) is 9.59 Å². The van der Waals surface area contributed by atoms with Gasteiger partial charge in [-0.25, -0.2) is 9.59 Å². The molecule has 0 bridgehead atoms. The highest BCUT2D eigenvalue weighted by molar-refractivity contribution is 5.89. The van der Waals surface area contributed by atoms with Gasteiger partial charge in [0.15, 0.2) is 0 Å². The summed E-state index contributed by atoms with van der Waals surface area (Å²) in [5, 5.41) is 8.91. The fraction of sp³-hybridized carbons (Fsp3) is 0.444. The van der Waals surface area contributed by atoms with E-state index in [1.807, 2.05) is 39.0 Å². The molecule has 0 saturated carbocycles. The van der Waals surface area contributed by atoms with Crippen LogP contribution in [-0.2, 0) is 9.53 Å². The van der Waals surface area contributed by atoms with E-state index in [0.717, 1.165) is 24.0 Å². The molecule has 0 heterocycles. The molecule has 4 nitrogen and oxygen atoms in total. The van der Waals surface area contributed by atoms with Gasteiger partial charge in [0.05, 0.1) is 5.56 Å². The number of rotatable bonds is 3. The summed E-state index contributed by atoms with van der Waals surface area (Å²) < 4.78 is 5.39. The van der Waals surface area contributed by atoms with Crippen LogP contribution >= 0.6 is 0 Å². The molecule has 118 valence electrons. The molecule has 0 amide bonds. The van der Waals surface area contributed by atoms with Gasteiger partial charge in [-0.05, 0) is 63.6 Å². The lowest BCUT2D eigenvalue weighted by Gasteiger charge is -2.25. The third kappa shape index (κ3) is 4.20. The van der Waals surface area contributed by atoms with Crippen molar-refractivity contribution in [1.82, 2.24) is 0 Å². The maximum Gasteiger partial charge on any atom is 0.335 e. The molecule has 1 aromatic carbocycles. The lowest BCUT2D eigenvalue weighted by Crippen LogP contribution is -2.25.